The molecule has 1 aromatic heterocycles. The van der Waals surface area contributed by atoms with Crippen LogP contribution in [-0.2, 0) is 4.74 Å². The number of aryl methyl sites for hydroxylation is 1. The van der Waals surface area contributed by atoms with E-state index in [1.165, 1.54) is 13.2 Å². The Balaban J connectivity index is 1.52. The Labute approximate surface area is 191 Å². The summed E-state index contributed by atoms with van der Waals surface area (Å²) in [7, 11) is 1.30. The molecule has 0 aliphatic carbocycles. The fourth-order valence-electron chi connectivity index (χ4n) is 3.32. The van der Waals surface area contributed by atoms with Gasteiger partial charge in [0.2, 0.25) is 0 Å². The number of nitrogens with zero attached hydrogens (tertiary/aromatic N) is 2. The van der Waals surface area contributed by atoms with Gasteiger partial charge in [-0.1, -0.05) is 42.5 Å². The Morgan fingerprint density at radius 2 is 1.52 bits per heavy atom. The molecule has 7 heteroatoms. The lowest BCUT2D eigenvalue weighted by Gasteiger charge is -2.11. The van der Waals surface area contributed by atoms with E-state index in [9.17, 15) is 9.59 Å². The zero-order chi connectivity index (χ0) is 23.2. The standard InChI is InChI=1S/C26H22N4O3/c1-17-27-23(18-8-4-3-5-9-18)16-24(28-17)29-21-12-7-13-22(15-21)30-25(31)19-10-6-11-20(14-19)26(32)33-2/h3-16H,1-2H3,(H,30,31)(H,27,28,29). The maximum atomic E-state index is 12.7. The van der Waals surface area contributed by atoms with Gasteiger partial charge in [-0.2, -0.15) is 0 Å². The third kappa shape index (κ3) is 5.40. The Morgan fingerprint density at radius 3 is 2.30 bits per heavy atom. The van der Waals surface area contributed by atoms with Crippen LogP contribution in [-0.4, -0.2) is 29.0 Å². The van der Waals surface area contributed by atoms with Gasteiger partial charge in [0, 0.05) is 28.6 Å². The predicted octanol–water partition coefficient (Wildman–Crippen LogP) is 5.23. The second kappa shape index (κ2) is 9.74. The molecular weight excluding hydrogens is 416 g/mol. The third-order valence-corrected chi connectivity index (χ3v) is 4.85. The van der Waals surface area contributed by atoms with Crippen molar-refractivity contribution in [2.75, 3.05) is 17.7 Å². The summed E-state index contributed by atoms with van der Waals surface area (Å²) in [5, 5.41) is 6.13. The number of aromatic nitrogens is 2. The quantitative estimate of drug-likeness (QED) is 0.400. The van der Waals surface area contributed by atoms with Gasteiger partial charge < -0.3 is 15.4 Å². The van der Waals surface area contributed by atoms with Crippen molar-refractivity contribution in [1.82, 2.24) is 9.97 Å². The van der Waals surface area contributed by atoms with Gasteiger partial charge in [-0.25, -0.2) is 14.8 Å². The fraction of sp³-hybridized carbons (Fsp3) is 0.0769. The first-order valence-corrected chi connectivity index (χ1v) is 10.3. The van der Waals surface area contributed by atoms with Crippen molar-refractivity contribution in [3.8, 4) is 11.3 Å². The highest BCUT2D eigenvalue weighted by Gasteiger charge is 2.11. The minimum Gasteiger partial charge on any atom is -0.465 e. The lowest BCUT2D eigenvalue weighted by Crippen LogP contribution is -2.13. The molecule has 7 nitrogen and oxygen atoms in total. The van der Waals surface area contributed by atoms with E-state index in [4.69, 9.17) is 4.74 Å². The summed E-state index contributed by atoms with van der Waals surface area (Å²) in [5.74, 6) is 0.470. The van der Waals surface area contributed by atoms with E-state index in [2.05, 4.69) is 20.6 Å². The number of anilines is 3. The minimum absolute atomic E-state index is 0.314. The van der Waals surface area contributed by atoms with Crippen LogP contribution in [0.1, 0.15) is 26.5 Å². The van der Waals surface area contributed by atoms with Crippen molar-refractivity contribution < 1.29 is 14.3 Å². The van der Waals surface area contributed by atoms with Crippen LogP contribution >= 0.6 is 0 Å². The van der Waals surface area contributed by atoms with E-state index in [-0.39, 0.29) is 5.91 Å². The molecule has 0 fully saturated rings. The topological polar surface area (TPSA) is 93.2 Å². The van der Waals surface area contributed by atoms with Gasteiger partial charge in [0.15, 0.2) is 0 Å². The first kappa shape index (κ1) is 21.7. The van der Waals surface area contributed by atoms with Crippen molar-refractivity contribution >= 4 is 29.1 Å². The largest absolute Gasteiger partial charge is 0.465 e. The monoisotopic (exact) mass is 438 g/mol. The molecule has 0 saturated heterocycles. The van der Waals surface area contributed by atoms with Gasteiger partial charge in [-0.3, -0.25) is 4.79 Å². The Kier molecular flexibility index (Phi) is 6.40. The number of carbonyl (C=O) groups is 2. The molecular formula is C26H22N4O3. The lowest BCUT2D eigenvalue weighted by atomic mass is 10.1. The van der Waals surface area contributed by atoms with E-state index >= 15 is 0 Å². The van der Waals surface area contributed by atoms with Crippen LogP contribution in [0.15, 0.2) is 84.9 Å². The summed E-state index contributed by atoms with van der Waals surface area (Å²) in [6, 6.07) is 25.4. The van der Waals surface area contributed by atoms with Gasteiger partial charge >= 0.3 is 5.97 Å². The van der Waals surface area contributed by atoms with Crippen LogP contribution in [0.2, 0.25) is 0 Å². The van der Waals surface area contributed by atoms with E-state index in [1.807, 2.05) is 61.5 Å². The lowest BCUT2D eigenvalue weighted by molar-refractivity contribution is 0.0600. The summed E-state index contributed by atoms with van der Waals surface area (Å²) in [6.07, 6.45) is 0. The highest BCUT2D eigenvalue weighted by atomic mass is 16.5. The zero-order valence-corrected chi connectivity index (χ0v) is 18.2. The number of carbonyl (C=O) groups excluding carboxylic acids is 2. The molecule has 1 heterocycles. The zero-order valence-electron chi connectivity index (χ0n) is 18.2. The number of nitrogens with one attached hydrogen (secondary N) is 2. The molecule has 0 atom stereocenters. The maximum Gasteiger partial charge on any atom is 0.337 e. The van der Waals surface area contributed by atoms with Gasteiger partial charge in [-0.05, 0) is 43.3 Å². The first-order chi connectivity index (χ1) is 16.0. The average molecular weight is 438 g/mol. The van der Waals surface area contributed by atoms with Gasteiger partial charge in [0.25, 0.3) is 5.91 Å². The summed E-state index contributed by atoms with van der Waals surface area (Å²) >= 11 is 0. The number of ether oxygens (including phenoxy) is 1. The Hall–Kier alpha value is -4.52. The molecule has 33 heavy (non-hydrogen) atoms. The van der Waals surface area contributed by atoms with Crippen molar-refractivity contribution in [3.63, 3.8) is 0 Å². The van der Waals surface area contributed by atoms with Crippen LogP contribution in [0.3, 0.4) is 0 Å². The number of benzene rings is 3. The summed E-state index contributed by atoms with van der Waals surface area (Å²) in [5.41, 5.74) is 3.85. The Morgan fingerprint density at radius 1 is 0.788 bits per heavy atom. The van der Waals surface area contributed by atoms with Gasteiger partial charge in [0.05, 0.1) is 18.4 Å². The maximum absolute atomic E-state index is 12.7. The molecule has 0 radical (unpaired) electrons. The normalized spacial score (nSPS) is 10.4. The van der Waals surface area contributed by atoms with Crippen LogP contribution in [0, 0.1) is 6.92 Å². The third-order valence-electron chi connectivity index (χ3n) is 4.85. The first-order valence-electron chi connectivity index (χ1n) is 10.3. The molecule has 1 amide bonds. The van der Waals surface area contributed by atoms with E-state index < -0.39 is 5.97 Å². The van der Waals surface area contributed by atoms with Crippen molar-refractivity contribution in [3.05, 3.63) is 102 Å². The number of methoxy groups -OCH3 is 1. The second-order valence-corrected chi connectivity index (χ2v) is 7.28. The molecule has 2 N–H and O–H groups in total. The molecule has 0 saturated carbocycles. The number of hydrogen-bond acceptors (Lipinski definition) is 6. The smallest absolute Gasteiger partial charge is 0.337 e. The minimum atomic E-state index is -0.495. The average Bonchev–Trinajstić information content (AvgIpc) is 2.84. The SMILES string of the molecule is COC(=O)c1cccc(C(=O)Nc2cccc(Nc3cc(-c4ccccc4)nc(C)n3)c2)c1. The van der Waals surface area contributed by atoms with Crippen LogP contribution < -0.4 is 10.6 Å². The van der Waals surface area contributed by atoms with Crippen molar-refractivity contribution in [2.24, 2.45) is 0 Å². The molecule has 4 rings (SSSR count). The highest BCUT2D eigenvalue weighted by molar-refractivity contribution is 6.05. The second-order valence-electron chi connectivity index (χ2n) is 7.28. The molecule has 0 aliphatic rings. The number of hydrogen-bond donors (Lipinski definition) is 2. The van der Waals surface area contributed by atoms with Crippen LogP contribution in [0.25, 0.3) is 11.3 Å². The van der Waals surface area contributed by atoms with Crippen LogP contribution in [0.4, 0.5) is 17.2 Å². The Bertz CT molecular complexity index is 1310. The van der Waals surface area contributed by atoms with Crippen LogP contribution in [0.5, 0.6) is 0 Å². The van der Waals surface area contributed by atoms with E-state index in [0.717, 1.165) is 16.9 Å². The fourth-order valence-corrected chi connectivity index (χ4v) is 3.32. The van der Waals surface area contributed by atoms with E-state index in [0.29, 0.717) is 28.5 Å². The van der Waals surface area contributed by atoms with E-state index in [1.54, 1.807) is 24.3 Å². The van der Waals surface area contributed by atoms with Gasteiger partial charge in [0.1, 0.15) is 11.6 Å². The summed E-state index contributed by atoms with van der Waals surface area (Å²) in [4.78, 5) is 33.4. The molecule has 3 aromatic carbocycles. The molecule has 0 unspecified atom stereocenters. The molecule has 0 bridgehead atoms. The number of esters is 1. The van der Waals surface area contributed by atoms with Crippen molar-refractivity contribution in [2.45, 2.75) is 6.92 Å². The molecule has 0 aliphatic heterocycles. The van der Waals surface area contributed by atoms with Gasteiger partial charge in [-0.15, -0.1) is 0 Å². The molecule has 164 valence electrons. The predicted molar refractivity (Wildman–Crippen MR) is 128 cm³/mol. The summed E-state index contributed by atoms with van der Waals surface area (Å²) in [6.45, 7) is 1.84. The number of rotatable bonds is 6. The highest BCUT2D eigenvalue weighted by Crippen LogP contribution is 2.24. The number of amides is 1. The van der Waals surface area contributed by atoms with Crippen molar-refractivity contribution in [1.29, 1.82) is 0 Å². The molecule has 0 spiro atoms. The molecule has 4 aromatic rings. The summed E-state index contributed by atoms with van der Waals surface area (Å²) < 4.78 is 4.72.